The minimum absolute atomic E-state index is 0.0714. The van der Waals surface area contributed by atoms with E-state index < -0.39 is 0 Å². The molecule has 0 saturated carbocycles. The van der Waals surface area contributed by atoms with Crippen molar-refractivity contribution < 1.29 is 9.32 Å². The Labute approximate surface area is 147 Å². The van der Waals surface area contributed by atoms with Gasteiger partial charge in [-0.25, -0.2) is 0 Å². The number of benzene rings is 1. The van der Waals surface area contributed by atoms with Gasteiger partial charge in [0, 0.05) is 38.3 Å². The topological polar surface area (TPSA) is 88.5 Å². The molecule has 0 radical (unpaired) electrons. The molecule has 1 unspecified atom stereocenters. The average Bonchev–Trinajstić information content (AvgIpc) is 3.12. The number of anilines is 1. The number of hydrogen-bond donors (Lipinski definition) is 1. The standard InChI is InChI=1S/C18H25N5O2/c1-3-16-20-18(25-21-16)13(2)22-8-10-23(11-9-22)17(24)12-14-4-6-15(19)7-5-14/h4-7,13H,3,8-12,19H2,1-2H3. The largest absolute Gasteiger partial charge is 0.399 e. The first-order valence-electron chi connectivity index (χ1n) is 8.75. The maximum atomic E-state index is 12.5. The number of carbonyl (C=O) groups is 1. The van der Waals surface area contributed by atoms with Crippen molar-refractivity contribution in [3.63, 3.8) is 0 Å². The van der Waals surface area contributed by atoms with E-state index in [4.69, 9.17) is 10.3 Å². The van der Waals surface area contributed by atoms with Gasteiger partial charge < -0.3 is 15.2 Å². The van der Waals surface area contributed by atoms with Crippen molar-refractivity contribution in [2.45, 2.75) is 32.7 Å². The molecular weight excluding hydrogens is 318 g/mol. The fraction of sp³-hybridized carbons (Fsp3) is 0.500. The van der Waals surface area contributed by atoms with Gasteiger partial charge in [0.05, 0.1) is 12.5 Å². The number of hydrogen-bond acceptors (Lipinski definition) is 6. The lowest BCUT2D eigenvalue weighted by molar-refractivity contribution is -0.132. The summed E-state index contributed by atoms with van der Waals surface area (Å²) in [6.45, 7) is 7.11. The quantitative estimate of drug-likeness (QED) is 0.831. The van der Waals surface area contributed by atoms with Crippen LogP contribution in [0.15, 0.2) is 28.8 Å². The molecule has 2 heterocycles. The lowest BCUT2D eigenvalue weighted by Gasteiger charge is -2.36. The normalized spacial score (nSPS) is 16.8. The predicted octanol–water partition coefficient (Wildman–Crippen LogP) is 1.66. The summed E-state index contributed by atoms with van der Waals surface area (Å²) in [5, 5.41) is 3.96. The van der Waals surface area contributed by atoms with Gasteiger partial charge in [0.15, 0.2) is 5.82 Å². The fourth-order valence-corrected chi connectivity index (χ4v) is 3.02. The molecule has 1 aliphatic heterocycles. The Morgan fingerprint density at radius 2 is 1.92 bits per heavy atom. The first-order chi connectivity index (χ1) is 12.1. The maximum absolute atomic E-state index is 12.5. The third-order valence-corrected chi connectivity index (χ3v) is 4.71. The summed E-state index contributed by atoms with van der Waals surface area (Å²) < 4.78 is 5.34. The highest BCUT2D eigenvalue weighted by molar-refractivity contribution is 5.79. The molecule has 2 N–H and O–H groups in total. The molecule has 1 aromatic carbocycles. The number of nitrogen functional groups attached to an aromatic ring is 1. The molecule has 1 fully saturated rings. The number of amides is 1. The Hall–Kier alpha value is -2.41. The molecule has 7 heteroatoms. The van der Waals surface area contributed by atoms with Crippen molar-refractivity contribution in [2.75, 3.05) is 31.9 Å². The minimum Gasteiger partial charge on any atom is -0.399 e. The van der Waals surface area contributed by atoms with Gasteiger partial charge in [0.1, 0.15) is 0 Å². The first-order valence-corrected chi connectivity index (χ1v) is 8.75. The molecule has 2 aromatic rings. The van der Waals surface area contributed by atoms with Gasteiger partial charge in [-0.3, -0.25) is 9.69 Å². The van der Waals surface area contributed by atoms with Gasteiger partial charge in [-0.15, -0.1) is 0 Å². The number of aromatic nitrogens is 2. The van der Waals surface area contributed by atoms with E-state index >= 15 is 0 Å². The van der Waals surface area contributed by atoms with Crippen LogP contribution in [-0.4, -0.2) is 52.0 Å². The van der Waals surface area contributed by atoms with Crippen molar-refractivity contribution in [1.29, 1.82) is 0 Å². The van der Waals surface area contributed by atoms with Crippen molar-refractivity contribution in [3.05, 3.63) is 41.5 Å². The molecule has 1 aromatic heterocycles. The second-order valence-electron chi connectivity index (χ2n) is 6.41. The Balaban J connectivity index is 1.52. The summed E-state index contributed by atoms with van der Waals surface area (Å²) in [4.78, 5) is 21.1. The predicted molar refractivity (Wildman–Crippen MR) is 94.8 cm³/mol. The van der Waals surface area contributed by atoms with Crippen molar-refractivity contribution in [3.8, 4) is 0 Å². The summed E-state index contributed by atoms with van der Waals surface area (Å²) in [6, 6.07) is 7.55. The van der Waals surface area contributed by atoms with E-state index in [0.29, 0.717) is 31.1 Å². The SMILES string of the molecule is CCc1noc(C(C)N2CCN(C(=O)Cc3ccc(N)cc3)CC2)n1. The van der Waals surface area contributed by atoms with E-state index in [1.54, 1.807) is 0 Å². The highest BCUT2D eigenvalue weighted by Crippen LogP contribution is 2.20. The van der Waals surface area contributed by atoms with Crippen molar-refractivity contribution >= 4 is 11.6 Å². The van der Waals surface area contributed by atoms with E-state index in [9.17, 15) is 4.79 Å². The van der Waals surface area contributed by atoms with Crippen LogP contribution in [-0.2, 0) is 17.6 Å². The number of nitrogens with two attached hydrogens (primary N) is 1. The molecule has 3 rings (SSSR count). The molecule has 0 aliphatic carbocycles. The molecule has 1 atom stereocenters. The second kappa shape index (κ2) is 7.65. The van der Waals surface area contributed by atoms with Gasteiger partial charge in [-0.2, -0.15) is 4.98 Å². The van der Waals surface area contributed by atoms with Crippen LogP contribution in [0.3, 0.4) is 0 Å². The zero-order chi connectivity index (χ0) is 17.8. The third kappa shape index (κ3) is 4.17. The molecule has 0 spiro atoms. The van der Waals surface area contributed by atoms with E-state index in [-0.39, 0.29) is 11.9 Å². The number of piperazine rings is 1. The lowest BCUT2D eigenvalue weighted by atomic mass is 10.1. The molecule has 0 bridgehead atoms. The maximum Gasteiger partial charge on any atom is 0.243 e. The molecule has 1 aliphatic rings. The fourth-order valence-electron chi connectivity index (χ4n) is 3.02. The Bertz CT molecular complexity index is 705. The number of nitrogens with zero attached hydrogens (tertiary/aromatic N) is 4. The summed E-state index contributed by atoms with van der Waals surface area (Å²) in [5.74, 6) is 1.54. The highest BCUT2D eigenvalue weighted by Gasteiger charge is 2.27. The van der Waals surface area contributed by atoms with Gasteiger partial charge >= 0.3 is 0 Å². The van der Waals surface area contributed by atoms with Crippen LogP contribution in [0, 0.1) is 0 Å². The smallest absolute Gasteiger partial charge is 0.243 e. The molecule has 1 amide bonds. The number of rotatable bonds is 5. The molecule has 7 nitrogen and oxygen atoms in total. The number of aryl methyl sites for hydroxylation is 1. The Morgan fingerprint density at radius 1 is 1.24 bits per heavy atom. The van der Waals surface area contributed by atoms with Crippen LogP contribution in [0.2, 0.25) is 0 Å². The first kappa shape index (κ1) is 17.4. The summed E-state index contributed by atoms with van der Waals surface area (Å²) in [5.41, 5.74) is 7.39. The van der Waals surface area contributed by atoms with Gasteiger partial charge in [0.2, 0.25) is 11.8 Å². The summed E-state index contributed by atoms with van der Waals surface area (Å²) in [6.07, 6.45) is 1.18. The summed E-state index contributed by atoms with van der Waals surface area (Å²) >= 11 is 0. The third-order valence-electron chi connectivity index (χ3n) is 4.71. The van der Waals surface area contributed by atoms with Crippen LogP contribution in [0.1, 0.15) is 37.2 Å². The number of carbonyl (C=O) groups excluding carboxylic acids is 1. The minimum atomic E-state index is 0.0714. The zero-order valence-corrected chi connectivity index (χ0v) is 14.8. The second-order valence-corrected chi connectivity index (χ2v) is 6.41. The molecule has 1 saturated heterocycles. The molecular formula is C18H25N5O2. The van der Waals surface area contributed by atoms with Crippen LogP contribution in [0.25, 0.3) is 0 Å². The molecule has 134 valence electrons. The van der Waals surface area contributed by atoms with E-state index in [0.717, 1.165) is 30.9 Å². The Kier molecular flexibility index (Phi) is 5.33. The van der Waals surface area contributed by atoms with E-state index in [1.165, 1.54) is 0 Å². The van der Waals surface area contributed by atoms with Gasteiger partial charge in [-0.05, 0) is 24.6 Å². The van der Waals surface area contributed by atoms with Crippen LogP contribution < -0.4 is 5.73 Å². The average molecular weight is 343 g/mol. The van der Waals surface area contributed by atoms with Crippen LogP contribution in [0.5, 0.6) is 0 Å². The Morgan fingerprint density at radius 3 is 2.52 bits per heavy atom. The zero-order valence-electron chi connectivity index (χ0n) is 14.8. The van der Waals surface area contributed by atoms with Gasteiger partial charge in [-0.1, -0.05) is 24.2 Å². The van der Waals surface area contributed by atoms with Crippen LogP contribution in [0.4, 0.5) is 5.69 Å². The van der Waals surface area contributed by atoms with Crippen molar-refractivity contribution in [2.24, 2.45) is 0 Å². The van der Waals surface area contributed by atoms with E-state index in [2.05, 4.69) is 22.0 Å². The summed E-state index contributed by atoms with van der Waals surface area (Å²) in [7, 11) is 0. The van der Waals surface area contributed by atoms with Crippen molar-refractivity contribution in [1.82, 2.24) is 19.9 Å². The monoisotopic (exact) mass is 343 g/mol. The molecule has 25 heavy (non-hydrogen) atoms. The highest BCUT2D eigenvalue weighted by atomic mass is 16.5. The lowest BCUT2D eigenvalue weighted by Crippen LogP contribution is -2.49. The van der Waals surface area contributed by atoms with Gasteiger partial charge in [0.25, 0.3) is 0 Å². The van der Waals surface area contributed by atoms with Crippen LogP contribution >= 0.6 is 0 Å². The van der Waals surface area contributed by atoms with E-state index in [1.807, 2.05) is 36.1 Å².